The fourth-order valence-electron chi connectivity index (χ4n) is 2.75. The summed E-state index contributed by atoms with van der Waals surface area (Å²) in [5.74, 6) is 0.813. The Kier molecular flexibility index (Phi) is 5.74. The van der Waals surface area contributed by atoms with Crippen LogP contribution in [0.5, 0.6) is 5.75 Å². The van der Waals surface area contributed by atoms with Gasteiger partial charge in [0.1, 0.15) is 12.4 Å². The molecule has 0 aliphatic carbocycles. The average Bonchev–Trinajstić information content (AvgIpc) is 3.12. The van der Waals surface area contributed by atoms with Gasteiger partial charge >= 0.3 is 0 Å². The zero-order valence-corrected chi connectivity index (χ0v) is 16.2. The molecule has 1 aromatic heterocycles. The molecule has 0 bridgehead atoms. The Bertz CT molecular complexity index is 914. The molecule has 26 heavy (non-hydrogen) atoms. The lowest BCUT2D eigenvalue weighted by Gasteiger charge is -2.10. The Morgan fingerprint density at radius 1 is 1.12 bits per heavy atom. The highest BCUT2D eigenvalue weighted by Crippen LogP contribution is 2.24. The van der Waals surface area contributed by atoms with Crippen molar-refractivity contribution in [2.24, 2.45) is 0 Å². The van der Waals surface area contributed by atoms with Crippen LogP contribution in [0.3, 0.4) is 0 Å². The van der Waals surface area contributed by atoms with Crippen LogP contribution in [-0.2, 0) is 13.0 Å². The van der Waals surface area contributed by atoms with E-state index in [1.807, 2.05) is 47.8 Å². The van der Waals surface area contributed by atoms with Crippen LogP contribution in [0, 0.1) is 13.8 Å². The van der Waals surface area contributed by atoms with Crippen molar-refractivity contribution in [3.8, 4) is 5.75 Å². The van der Waals surface area contributed by atoms with Gasteiger partial charge in [0.2, 0.25) is 0 Å². The van der Waals surface area contributed by atoms with Crippen LogP contribution in [0.1, 0.15) is 38.8 Å². The summed E-state index contributed by atoms with van der Waals surface area (Å²) < 4.78 is 5.93. The predicted molar refractivity (Wildman–Crippen MR) is 108 cm³/mol. The zero-order valence-electron chi connectivity index (χ0n) is 15.3. The van der Waals surface area contributed by atoms with E-state index in [2.05, 4.69) is 32.2 Å². The van der Waals surface area contributed by atoms with E-state index in [1.165, 1.54) is 16.9 Å². The largest absolute Gasteiger partial charge is 0.489 e. The molecule has 3 aromatic rings. The fraction of sp³-hybridized carbons (Fsp3) is 0.227. The molecule has 0 unspecified atom stereocenters. The van der Waals surface area contributed by atoms with Gasteiger partial charge in [-0.15, -0.1) is 11.3 Å². The van der Waals surface area contributed by atoms with Crippen molar-refractivity contribution in [1.82, 2.24) is 0 Å². The Morgan fingerprint density at radius 2 is 1.92 bits per heavy atom. The number of rotatable bonds is 6. The number of para-hydroxylation sites is 1. The Labute approximate surface area is 158 Å². The number of hydrogen-bond donors (Lipinski definition) is 1. The number of carbonyl (C=O) groups is 1. The third-order valence-corrected chi connectivity index (χ3v) is 5.45. The van der Waals surface area contributed by atoms with Crippen molar-refractivity contribution in [1.29, 1.82) is 0 Å². The van der Waals surface area contributed by atoms with Crippen LogP contribution in [0.15, 0.2) is 53.9 Å². The molecule has 0 radical (unpaired) electrons. The normalized spacial score (nSPS) is 10.6. The molecule has 0 spiro atoms. The fourth-order valence-corrected chi connectivity index (χ4v) is 3.54. The Balaban J connectivity index is 1.65. The van der Waals surface area contributed by atoms with Crippen LogP contribution < -0.4 is 10.1 Å². The van der Waals surface area contributed by atoms with Crippen LogP contribution >= 0.6 is 11.3 Å². The van der Waals surface area contributed by atoms with Gasteiger partial charge in [0.05, 0.1) is 4.88 Å². The third kappa shape index (κ3) is 4.14. The van der Waals surface area contributed by atoms with E-state index in [0.29, 0.717) is 11.5 Å². The zero-order chi connectivity index (χ0) is 18.5. The summed E-state index contributed by atoms with van der Waals surface area (Å²) in [4.78, 5) is 13.2. The van der Waals surface area contributed by atoms with Crippen molar-refractivity contribution in [2.75, 3.05) is 5.32 Å². The number of thiophene rings is 1. The van der Waals surface area contributed by atoms with Crippen molar-refractivity contribution in [3.63, 3.8) is 0 Å². The van der Waals surface area contributed by atoms with Crippen LogP contribution in [0.25, 0.3) is 0 Å². The van der Waals surface area contributed by atoms with Gasteiger partial charge in [-0.05, 0) is 60.5 Å². The van der Waals surface area contributed by atoms with Crippen LogP contribution in [0.2, 0.25) is 0 Å². The van der Waals surface area contributed by atoms with E-state index < -0.39 is 0 Å². The highest BCUT2D eigenvalue weighted by Gasteiger charge is 2.12. The van der Waals surface area contributed by atoms with E-state index >= 15 is 0 Å². The SMILES string of the molecule is CCc1ccccc1NC(=O)c1cc(COc2cccc(C)c2C)cs1. The second kappa shape index (κ2) is 8.19. The van der Waals surface area contributed by atoms with Gasteiger partial charge in [0, 0.05) is 11.3 Å². The first kappa shape index (κ1) is 18.2. The Hall–Kier alpha value is -2.59. The number of nitrogens with one attached hydrogen (secondary N) is 1. The summed E-state index contributed by atoms with van der Waals surface area (Å²) in [5.41, 5.74) is 5.38. The topological polar surface area (TPSA) is 38.3 Å². The number of ether oxygens (including phenoxy) is 1. The standard InChI is InChI=1S/C22H23NO2S/c1-4-18-9-5-6-10-19(18)23-22(24)21-12-17(14-26-21)13-25-20-11-7-8-15(2)16(20)3/h5-12,14H,4,13H2,1-3H3,(H,23,24). The maximum atomic E-state index is 12.5. The monoisotopic (exact) mass is 365 g/mol. The van der Waals surface area contributed by atoms with Gasteiger partial charge in [-0.2, -0.15) is 0 Å². The molecule has 3 nitrogen and oxygen atoms in total. The van der Waals surface area contributed by atoms with Crippen LogP contribution in [0.4, 0.5) is 5.69 Å². The van der Waals surface area contributed by atoms with E-state index in [9.17, 15) is 4.79 Å². The summed E-state index contributed by atoms with van der Waals surface area (Å²) in [6.07, 6.45) is 0.885. The molecule has 0 atom stereocenters. The molecule has 1 amide bonds. The minimum Gasteiger partial charge on any atom is -0.489 e. The van der Waals surface area contributed by atoms with Crippen molar-refractivity contribution < 1.29 is 9.53 Å². The Morgan fingerprint density at radius 3 is 2.73 bits per heavy atom. The lowest BCUT2D eigenvalue weighted by Crippen LogP contribution is -2.11. The number of aryl methyl sites for hydroxylation is 2. The molecule has 1 N–H and O–H groups in total. The van der Waals surface area contributed by atoms with Crippen molar-refractivity contribution in [3.05, 3.63) is 81.0 Å². The minimum absolute atomic E-state index is 0.0751. The lowest BCUT2D eigenvalue weighted by molar-refractivity contribution is 0.103. The van der Waals surface area contributed by atoms with Gasteiger partial charge in [-0.3, -0.25) is 4.79 Å². The summed E-state index contributed by atoms with van der Waals surface area (Å²) in [6.45, 7) is 6.67. The second-order valence-electron chi connectivity index (χ2n) is 6.27. The third-order valence-electron chi connectivity index (χ3n) is 4.47. The summed E-state index contributed by atoms with van der Waals surface area (Å²) in [6, 6.07) is 15.8. The molecule has 1 heterocycles. The first-order valence-electron chi connectivity index (χ1n) is 8.74. The quantitative estimate of drug-likeness (QED) is 0.603. The van der Waals surface area contributed by atoms with Crippen molar-refractivity contribution in [2.45, 2.75) is 33.8 Å². The first-order valence-corrected chi connectivity index (χ1v) is 9.62. The van der Waals surface area contributed by atoms with E-state index in [4.69, 9.17) is 4.74 Å². The molecule has 0 saturated carbocycles. The molecule has 0 aliphatic rings. The maximum Gasteiger partial charge on any atom is 0.265 e. The molecular formula is C22H23NO2S. The highest BCUT2D eigenvalue weighted by atomic mass is 32.1. The highest BCUT2D eigenvalue weighted by molar-refractivity contribution is 7.12. The summed E-state index contributed by atoms with van der Waals surface area (Å²) in [5, 5.41) is 4.99. The smallest absolute Gasteiger partial charge is 0.265 e. The summed E-state index contributed by atoms with van der Waals surface area (Å²) >= 11 is 1.44. The molecule has 134 valence electrons. The van der Waals surface area contributed by atoms with Gasteiger partial charge in [-0.1, -0.05) is 37.3 Å². The molecule has 0 fully saturated rings. The van der Waals surface area contributed by atoms with E-state index in [0.717, 1.165) is 34.5 Å². The number of hydrogen-bond acceptors (Lipinski definition) is 3. The number of amides is 1. The van der Waals surface area contributed by atoms with Gasteiger partial charge in [-0.25, -0.2) is 0 Å². The first-order chi connectivity index (χ1) is 12.6. The van der Waals surface area contributed by atoms with E-state index in [1.54, 1.807) is 0 Å². The van der Waals surface area contributed by atoms with E-state index in [-0.39, 0.29) is 5.91 Å². The maximum absolute atomic E-state index is 12.5. The summed E-state index contributed by atoms with van der Waals surface area (Å²) in [7, 11) is 0. The molecule has 2 aromatic carbocycles. The second-order valence-corrected chi connectivity index (χ2v) is 7.18. The molecule has 4 heteroatoms. The minimum atomic E-state index is -0.0751. The number of anilines is 1. The van der Waals surface area contributed by atoms with Crippen molar-refractivity contribution >= 4 is 22.9 Å². The lowest BCUT2D eigenvalue weighted by atomic mass is 10.1. The van der Waals surface area contributed by atoms with Gasteiger partial charge in [0.25, 0.3) is 5.91 Å². The molecule has 0 saturated heterocycles. The molecule has 3 rings (SSSR count). The molecule has 0 aliphatic heterocycles. The molecular weight excluding hydrogens is 342 g/mol. The number of carbonyl (C=O) groups excluding carboxylic acids is 1. The number of benzene rings is 2. The van der Waals surface area contributed by atoms with Crippen LogP contribution in [-0.4, -0.2) is 5.91 Å². The average molecular weight is 365 g/mol. The predicted octanol–water partition coefficient (Wildman–Crippen LogP) is 5.76. The van der Waals surface area contributed by atoms with Gasteiger partial charge < -0.3 is 10.1 Å². The van der Waals surface area contributed by atoms with Gasteiger partial charge in [0.15, 0.2) is 0 Å².